The van der Waals surface area contributed by atoms with Crippen LogP contribution in [0.4, 0.5) is 0 Å². The first kappa shape index (κ1) is 20.6. The fourth-order valence-electron chi connectivity index (χ4n) is 8.00. The molecule has 5 rings (SSSR count). The van der Waals surface area contributed by atoms with Crippen molar-refractivity contribution in [2.75, 3.05) is 13.2 Å². The van der Waals surface area contributed by atoms with Crippen LogP contribution in [0.3, 0.4) is 0 Å². The lowest BCUT2D eigenvalue weighted by Gasteiger charge is -2.66. The number of hydrogen-bond donors (Lipinski definition) is 3. The molecule has 0 bridgehead atoms. The van der Waals surface area contributed by atoms with E-state index in [1.165, 1.54) is 25.7 Å². The van der Waals surface area contributed by atoms with Crippen molar-refractivity contribution >= 4 is 0 Å². The van der Waals surface area contributed by atoms with Crippen LogP contribution in [0.5, 0.6) is 0 Å². The zero-order valence-corrected chi connectivity index (χ0v) is 18.8. The van der Waals surface area contributed by atoms with Crippen LogP contribution in [-0.4, -0.2) is 34.8 Å². The molecule has 5 aliphatic rings. The van der Waals surface area contributed by atoms with Gasteiger partial charge in [0.15, 0.2) is 0 Å². The molecular formula is C25H37NO4. The fraction of sp³-hybridized carbons (Fsp3) is 0.760. The maximum atomic E-state index is 10.5. The third-order valence-electron chi connectivity index (χ3n) is 9.36. The SMILES string of the molecule is CC1(C)CCC[C@]2(C)[C@H]3C[C@@H]4C5=CC=C(CO)NC5=CO[C@@]4(CO)O[C@]3(C)CC[C@@H]12. The molecule has 6 atom stereocenters. The average molecular weight is 416 g/mol. The Hall–Kier alpha value is -1.30. The quantitative estimate of drug-likeness (QED) is 0.636. The lowest BCUT2D eigenvalue weighted by Crippen LogP contribution is -2.67. The van der Waals surface area contributed by atoms with E-state index in [0.29, 0.717) is 17.3 Å². The summed E-state index contributed by atoms with van der Waals surface area (Å²) in [5.74, 6) is 0.0476. The van der Waals surface area contributed by atoms with Gasteiger partial charge in [0.25, 0.3) is 0 Å². The largest absolute Gasteiger partial charge is 0.465 e. The second-order valence-electron chi connectivity index (χ2n) is 11.4. The molecule has 30 heavy (non-hydrogen) atoms. The Morgan fingerprint density at radius 2 is 1.87 bits per heavy atom. The van der Waals surface area contributed by atoms with E-state index in [0.717, 1.165) is 29.8 Å². The Kier molecular flexibility index (Phi) is 4.53. The van der Waals surface area contributed by atoms with Gasteiger partial charge in [-0.05, 0) is 73.3 Å². The van der Waals surface area contributed by atoms with Gasteiger partial charge in [-0.25, -0.2) is 0 Å². The molecule has 1 saturated heterocycles. The Balaban J connectivity index is 1.57. The van der Waals surface area contributed by atoms with E-state index in [4.69, 9.17) is 9.47 Å². The minimum atomic E-state index is -1.03. The van der Waals surface area contributed by atoms with Gasteiger partial charge in [0, 0.05) is 5.70 Å². The number of aliphatic hydroxyl groups is 2. The molecule has 5 nitrogen and oxygen atoms in total. The Morgan fingerprint density at radius 1 is 1.07 bits per heavy atom. The number of allylic oxidation sites excluding steroid dienone is 3. The Morgan fingerprint density at radius 3 is 2.60 bits per heavy atom. The predicted molar refractivity (Wildman–Crippen MR) is 115 cm³/mol. The predicted octanol–water partition coefficient (Wildman–Crippen LogP) is 3.99. The molecular weight excluding hydrogens is 378 g/mol. The molecule has 0 aromatic rings. The van der Waals surface area contributed by atoms with Crippen molar-refractivity contribution in [2.45, 2.75) is 77.6 Å². The van der Waals surface area contributed by atoms with Crippen LogP contribution in [-0.2, 0) is 9.47 Å². The van der Waals surface area contributed by atoms with E-state index in [-0.39, 0.29) is 30.1 Å². The summed E-state index contributed by atoms with van der Waals surface area (Å²) >= 11 is 0. The van der Waals surface area contributed by atoms with E-state index in [1.807, 2.05) is 6.08 Å². The van der Waals surface area contributed by atoms with E-state index in [1.54, 1.807) is 6.26 Å². The molecule has 3 heterocycles. The summed E-state index contributed by atoms with van der Waals surface area (Å²) in [5.41, 5.74) is 3.05. The van der Waals surface area contributed by atoms with Gasteiger partial charge in [0.05, 0.1) is 23.8 Å². The standard InChI is InChI=1S/C25H37NO4/c1-22(2)9-5-10-23(3)20(22)8-11-24(4)21(23)12-18-17-7-6-16(13-27)26-19(17)14-29-25(18,15-28)30-24/h6-7,14,18,20-21,26-28H,5,8-13,15H2,1-4H3/t18-,20+,21-,23+,24-,25+/m1/s1. The Labute approximate surface area is 180 Å². The minimum Gasteiger partial charge on any atom is -0.465 e. The van der Waals surface area contributed by atoms with Crippen LogP contribution in [0.1, 0.15) is 66.2 Å². The minimum absolute atomic E-state index is 0.0369. The fourth-order valence-corrected chi connectivity index (χ4v) is 8.00. The van der Waals surface area contributed by atoms with Gasteiger partial charge in [-0.3, -0.25) is 0 Å². The van der Waals surface area contributed by atoms with Crippen LogP contribution in [0.2, 0.25) is 0 Å². The molecule has 0 aromatic carbocycles. The van der Waals surface area contributed by atoms with Gasteiger partial charge >= 0.3 is 0 Å². The average Bonchev–Trinajstić information content (AvgIpc) is 2.71. The molecule has 2 aliphatic carbocycles. The summed E-state index contributed by atoms with van der Waals surface area (Å²) in [5, 5.41) is 23.3. The monoisotopic (exact) mass is 415 g/mol. The normalized spacial score (nSPS) is 46.5. The molecule has 3 aliphatic heterocycles. The van der Waals surface area contributed by atoms with E-state index in [2.05, 4.69) is 39.1 Å². The van der Waals surface area contributed by atoms with Crippen molar-refractivity contribution in [1.82, 2.24) is 5.32 Å². The number of rotatable bonds is 2. The highest BCUT2D eigenvalue weighted by atomic mass is 16.7. The molecule has 0 spiro atoms. The topological polar surface area (TPSA) is 71.0 Å². The van der Waals surface area contributed by atoms with Crippen molar-refractivity contribution in [3.63, 3.8) is 0 Å². The lowest BCUT2D eigenvalue weighted by atomic mass is 9.44. The third kappa shape index (κ3) is 2.71. The number of ether oxygens (including phenoxy) is 2. The van der Waals surface area contributed by atoms with E-state index < -0.39 is 5.79 Å². The highest BCUT2D eigenvalue weighted by molar-refractivity contribution is 5.44. The van der Waals surface area contributed by atoms with E-state index >= 15 is 0 Å². The summed E-state index contributed by atoms with van der Waals surface area (Å²) in [6.45, 7) is 9.48. The molecule has 3 N–H and O–H groups in total. The molecule has 0 aromatic heterocycles. The van der Waals surface area contributed by atoms with Crippen molar-refractivity contribution in [2.24, 2.45) is 28.6 Å². The maximum absolute atomic E-state index is 10.5. The number of fused-ring (bicyclic) bond motifs is 6. The summed E-state index contributed by atoms with van der Waals surface area (Å²) in [6, 6.07) is 0. The van der Waals surface area contributed by atoms with Gasteiger partial charge < -0.3 is 25.0 Å². The van der Waals surface area contributed by atoms with Crippen molar-refractivity contribution in [3.8, 4) is 0 Å². The summed E-state index contributed by atoms with van der Waals surface area (Å²) < 4.78 is 13.0. The number of hydrogen-bond acceptors (Lipinski definition) is 5. The van der Waals surface area contributed by atoms with Gasteiger partial charge in [-0.15, -0.1) is 0 Å². The first-order valence-electron chi connectivity index (χ1n) is 11.7. The zero-order chi connectivity index (χ0) is 21.4. The van der Waals surface area contributed by atoms with Gasteiger partial charge in [0.2, 0.25) is 5.79 Å². The van der Waals surface area contributed by atoms with Crippen LogP contribution in [0.15, 0.2) is 35.4 Å². The summed E-state index contributed by atoms with van der Waals surface area (Å²) in [6.07, 6.45) is 12.7. The smallest absolute Gasteiger partial charge is 0.240 e. The zero-order valence-electron chi connectivity index (χ0n) is 18.8. The highest BCUT2D eigenvalue weighted by Gasteiger charge is 2.66. The second-order valence-corrected chi connectivity index (χ2v) is 11.4. The molecule has 2 saturated carbocycles. The van der Waals surface area contributed by atoms with Crippen LogP contribution >= 0.6 is 0 Å². The van der Waals surface area contributed by atoms with Crippen LogP contribution in [0, 0.1) is 28.6 Å². The molecule has 166 valence electrons. The van der Waals surface area contributed by atoms with Crippen LogP contribution < -0.4 is 5.32 Å². The van der Waals surface area contributed by atoms with Crippen molar-refractivity contribution in [1.29, 1.82) is 0 Å². The first-order chi connectivity index (χ1) is 14.2. The summed E-state index contributed by atoms with van der Waals surface area (Å²) in [4.78, 5) is 0. The molecule has 0 radical (unpaired) electrons. The lowest BCUT2D eigenvalue weighted by molar-refractivity contribution is -0.363. The van der Waals surface area contributed by atoms with Crippen molar-refractivity contribution < 1.29 is 19.7 Å². The van der Waals surface area contributed by atoms with Gasteiger partial charge in [-0.2, -0.15) is 0 Å². The number of nitrogens with one attached hydrogen (secondary N) is 1. The first-order valence-corrected chi connectivity index (χ1v) is 11.7. The molecule has 3 fully saturated rings. The highest BCUT2D eigenvalue weighted by Crippen LogP contribution is 2.67. The van der Waals surface area contributed by atoms with Gasteiger partial charge in [-0.1, -0.05) is 33.3 Å². The third-order valence-corrected chi connectivity index (χ3v) is 9.36. The van der Waals surface area contributed by atoms with Gasteiger partial charge in [0.1, 0.15) is 12.9 Å². The molecule has 5 heteroatoms. The Bertz CT molecular complexity index is 829. The van der Waals surface area contributed by atoms with E-state index in [9.17, 15) is 10.2 Å². The second kappa shape index (κ2) is 6.60. The van der Waals surface area contributed by atoms with Crippen LogP contribution in [0.25, 0.3) is 0 Å². The number of dihydropyridines is 1. The molecule has 0 unspecified atom stereocenters. The maximum Gasteiger partial charge on any atom is 0.240 e. The van der Waals surface area contributed by atoms with Crippen molar-refractivity contribution in [3.05, 3.63) is 35.4 Å². The summed E-state index contributed by atoms with van der Waals surface area (Å²) in [7, 11) is 0. The molecule has 0 amide bonds. The number of aliphatic hydroxyl groups excluding tert-OH is 2.